The van der Waals surface area contributed by atoms with E-state index in [0.29, 0.717) is 18.0 Å². The van der Waals surface area contributed by atoms with Gasteiger partial charge in [0.05, 0.1) is 11.4 Å². The van der Waals surface area contributed by atoms with E-state index in [2.05, 4.69) is 0 Å². The summed E-state index contributed by atoms with van der Waals surface area (Å²) in [5, 5.41) is 0. The second-order valence-corrected chi connectivity index (χ2v) is 6.16. The summed E-state index contributed by atoms with van der Waals surface area (Å²) in [4.78, 5) is 0. The van der Waals surface area contributed by atoms with Gasteiger partial charge in [0.1, 0.15) is 0 Å². The first-order valence-corrected chi connectivity index (χ1v) is 7.21. The standard InChI is InChI=1S/C11H16ClNO2S/c1-10-4-6-11(7-5-10)13(2)16(14,15)9-3-8-12/h4-7H,3,8-9H2,1-2H3. The number of nitrogens with zero attached hydrogens (tertiary/aromatic N) is 1. The van der Waals surface area contributed by atoms with Crippen LogP contribution in [0.5, 0.6) is 0 Å². The third-order valence-electron chi connectivity index (χ3n) is 2.35. The van der Waals surface area contributed by atoms with Gasteiger partial charge in [0.25, 0.3) is 0 Å². The van der Waals surface area contributed by atoms with E-state index in [-0.39, 0.29) is 5.75 Å². The van der Waals surface area contributed by atoms with Crippen molar-refractivity contribution in [3.63, 3.8) is 0 Å². The number of benzene rings is 1. The van der Waals surface area contributed by atoms with Gasteiger partial charge >= 0.3 is 0 Å². The maximum absolute atomic E-state index is 11.8. The minimum Gasteiger partial charge on any atom is -0.273 e. The van der Waals surface area contributed by atoms with E-state index < -0.39 is 10.0 Å². The number of halogens is 1. The predicted octanol–water partition coefficient (Wildman–Crippen LogP) is 2.39. The number of hydrogen-bond acceptors (Lipinski definition) is 2. The van der Waals surface area contributed by atoms with E-state index in [0.717, 1.165) is 5.56 Å². The SMILES string of the molecule is Cc1ccc(N(C)S(=O)(=O)CCCCl)cc1. The lowest BCUT2D eigenvalue weighted by molar-refractivity contribution is 0.593. The topological polar surface area (TPSA) is 37.4 Å². The van der Waals surface area contributed by atoms with E-state index in [1.807, 2.05) is 19.1 Å². The minimum absolute atomic E-state index is 0.0842. The number of alkyl halides is 1. The van der Waals surface area contributed by atoms with Crippen molar-refractivity contribution in [1.29, 1.82) is 0 Å². The van der Waals surface area contributed by atoms with Gasteiger partial charge in [-0.25, -0.2) is 8.42 Å². The summed E-state index contributed by atoms with van der Waals surface area (Å²) in [6.45, 7) is 1.96. The van der Waals surface area contributed by atoms with E-state index >= 15 is 0 Å². The van der Waals surface area contributed by atoms with Crippen LogP contribution in [-0.2, 0) is 10.0 Å². The molecule has 0 N–H and O–H groups in total. The van der Waals surface area contributed by atoms with Gasteiger partial charge in [-0.15, -0.1) is 11.6 Å². The smallest absolute Gasteiger partial charge is 0.234 e. The average Bonchev–Trinajstić information content (AvgIpc) is 2.26. The van der Waals surface area contributed by atoms with Crippen molar-refractivity contribution in [2.24, 2.45) is 0 Å². The lowest BCUT2D eigenvalue weighted by atomic mass is 10.2. The summed E-state index contributed by atoms with van der Waals surface area (Å²) < 4.78 is 25.0. The molecule has 0 aliphatic rings. The Bertz CT molecular complexity index is 428. The van der Waals surface area contributed by atoms with E-state index in [1.54, 1.807) is 19.2 Å². The van der Waals surface area contributed by atoms with Crippen molar-refractivity contribution in [2.75, 3.05) is 23.0 Å². The molecule has 0 heterocycles. The summed E-state index contributed by atoms with van der Waals surface area (Å²) in [7, 11) is -1.68. The molecular weight excluding hydrogens is 246 g/mol. The molecule has 0 aliphatic carbocycles. The summed E-state index contributed by atoms with van der Waals surface area (Å²) in [5.41, 5.74) is 1.79. The predicted molar refractivity (Wildman–Crippen MR) is 68.7 cm³/mol. The van der Waals surface area contributed by atoms with Crippen LogP contribution in [0.3, 0.4) is 0 Å². The van der Waals surface area contributed by atoms with Crippen LogP contribution >= 0.6 is 11.6 Å². The molecule has 0 spiro atoms. The highest BCUT2D eigenvalue weighted by molar-refractivity contribution is 7.92. The van der Waals surface area contributed by atoms with Gasteiger partial charge in [0.2, 0.25) is 10.0 Å². The second-order valence-electron chi connectivity index (χ2n) is 3.66. The average molecular weight is 262 g/mol. The highest BCUT2D eigenvalue weighted by Gasteiger charge is 2.17. The minimum atomic E-state index is -3.24. The first-order valence-electron chi connectivity index (χ1n) is 5.06. The van der Waals surface area contributed by atoms with Crippen molar-refractivity contribution < 1.29 is 8.42 Å². The molecule has 0 radical (unpaired) electrons. The highest BCUT2D eigenvalue weighted by Crippen LogP contribution is 2.17. The van der Waals surface area contributed by atoms with Gasteiger partial charge in [0, 0.05) is 12.9 Å². The van der Waals surface area contributed by atoms with E-state index in [1.165, 1.54) is 4.31 Å². The molecule has 5 heteroatoms. The summed E-state index contributed by atoms with van der Waals surface area (Å²) in [6.07, 6.45) is 0.472. The number of rotatable bonds is 5. The molecule has 0 aromatic heterocycles. The number of anilines is 1. The first-order chi connectivity index (χ1) is 7.47. The van der Waals surface area contributed by atoms with Crippen LogP contribution in [0.25, 0.3) is 0 Å². The zero-order chi connectivity index (χ0) is 12.2. The van der Waals surface area contributed by atoms with Crippen molar-refractivity contribution in [1.82, 2.24) is 0 Å². The first kappa shape index (κ1) is 13.3. The van der Waals surface area contributed by atoms with E-state index in [4.69, 9.17) is 11.6 Å². The molecule has 0 aliphatic heterocycles. The largest absolute Gasteiger partial charge is 0.273 e. The molecule has 0 fully saturated rings. The van der Waals surface area contributed by atoms with Gasteiger partial charge in [0.15, 0.2) is 0 Å². The van der Waals surface area contributed by atoms with Gasteiger partial charge < -0.3 is 0 Å². The Morgan fingerprint density at radius 1 is 1.25 bits per heavy atom. The zero-order valence-corrected chi connectivity index (χ0v) is 11.1. The summed E-state index contributed by atoms with van der Waals surface area (Å²) in [6, 6.07) is 7.38. The Kier molecular flexibility index (Phi) is 4.62. The van der Waals surface area contributed by atoms with Crippen LogP contribution in [0.2, 0.25) is 0 Å². The molecule has 90 valence electrons. The van der Waals surface area contributed by atoms with Gasteiger partial charge in [-0.05, 0) is 25.5 Å². The maximum Gasteiger partial charge on any atom is 0.234 e. The van der Waals surface area contributed by atoms with Crippen LogP contribution in [0.15, 0.2) is 24.3 Å². The van der Waals surface area contributed by atoms with Crippen LogP contribution in [0.4, 0.5) is 5.69 Å². The Morgan fingerprint density at radius 3 is 2.31 bits per heavy atom. The zero-order valence-electron chi connectivity index (χ0n) is 9.48. The molecule has 3 nitrogen and oxygen atoms in total. The molecule has 0 bridgehead atoms. The van der Waals surface area contributed by atoms with Crippen LogP contribution in [0, 0.1) is 6.92 Å². The van der Waals surface area contributed by atoms with Crippen molar-refractivity contribution in [3.05, 3.63) is 29.8 Å². The van der Waals surface area contributed by atoms with Crippen molar-refractivity contribution in [2.45, 2.75) is 13.3 Å². The Morgan fingerprint density at radius 2 is 1.81 bits per heavy atom. The van der Waals surface area contributed by atoms with Crippen LogP contribution in [-0.4, -0.2) is 27.1 Å². The van der Waals surface area contributed by atoms with Gasteiger partial charge in [-0.3, -0.25) is 4.31 Å². The lowest BCUT2D eigenvalue weighted by Gasteiger charge is -2.19. The maximum atomic E-state index is 11.8. The molecule has 0 amide bonds. The number of hydrogen-bond donors (Lipinski definition) is 0. The molecular formula is C11H16ClNO2S. The van der Waals surface area contributed by atoms with Gasteiger partial charge in [-0.2, -0.15) is 0 Å². The fourth-order valence-electron chi connectivity index (χ4n) is 1.29. The third kappa shape index (κ3) is 3.39. The number of aryl methyl sites for hydroxylation is 1. The van der Waals surface area contributed by atoms with Crippen LogP contribution < -0.4 is 4.31 Å². The molecule has 1 rings (SSSR count). The molecule has 0 saturated heterocycles. The monoisotopic (exact) mass is 261 g/mol. The van der Waals surface area contributed by atoms with E-state index in [9.17, 15) is 8.42 Å². The fraction of sp³-hybridized carbons (Fsp3) is 0.455. The Balaban J connectivity index is 2.84. The molecule has 16 heavy (non-hydrogen) atoms. The van der Waals surface area contributed by atoms with Crippen molar-refractivity contribution in [3.8, 4) is 0 Å². The Labute approximate surface area is 102 Å². The van der Waals surface area contributed by atoms with Crippen LogP contribution in [0.1, 0.15) is 12.0 Å². The highest BCUT2D eigenvalue weighted by atomic mass is 35.5. The quantitative estimate of drug-likeness (QED) is 0.764. The summed E-state index contributed by atoms with van der Waals surface area (Å²) >= 11 is 5.50. The molecule has 0 unspecified atom stereocenters. The lowest BCUT2D eigenvalue weighted by Crippen LogP contribution is -2.29. The summed E-state index contributed by atoms with van der Waals surface area (Å²) in [5.74, 6) is 0.446. The number of sulfonamides is 1. The third-order valence-corrected chi connectivity index (χ3v) is 4.47. The Hall–Kier alpha value is -0.740. The normalized spacial score (nSPS) is 11.4. The van der Waals surface area contributed by atoms with Gasteiger partial charge in [-0.1, -0.05) is 17.7 Å². The molecule has 0 saturated carbocycles. The molecule has 0 atom stereocenters. The molecule has 1 aromatic carbocycles. The second kappa shape index (κ2) is 5.55. The van der Waals surface area contributed by atoms with Crippen molar-refractivity contribution >= 4 is 27.3 Å². The fourth-order valence-corrected chi connectivity index (χ4v) is 2.81. The molecule has 1 aromatic rings.